The van der Waals surface area contributed by atoms with Crippen LogP contribution in [0.2, 0.25) is 5.02 Å². The van der Waals surface area contributed by atoms with E-state index in [4.69, 9.17) is 17.3 Å². The van der Waals surface area contributed by atoms with E-state index >= 15 is 0 Å². The van der Waals surface area contributed by atoms with Gasteiger partial charge in [0, 0.05) is 16.2 Å². The number of amides is 1. The summed E-state index contributed by atoms with van der Waals surface area (Å²) in [5.74, 6) is -0.778. The van der Waals surface area contributed by atoms with E-state index in [0.29, 0.717) is 5.69 Å². The first kappa shape index (κ1) is 14.9. The van der Waals surface area contributed by atoms with Gasteiger partial charge in [-0.05, 0) is 45.9 Å². The molecule has 100 valence electrons. The summed E-state index contributed by atoms with van der Waals surface area (Å²) in [7, 11) is 0. The van der Waals surface area contributed by atoms with Crippen LogP contribution >= 0.6 is 11.6 Å². The van der Waals surface area contributed by atoms with Crippen molar-refractivity contribution in [3.05, 3.63) is 29.0 Å². The van der Waals surface area contributed by atoms with Crippen LogP contribution in [0.5, 0.6) is 0 Å². The molecule has 0 fully saturated rings. The predicted molar refractivity (Wildman–Crippen MR) is 72.1 cm³/mol. The standard InChI is InChI=1S/C13H18ClFN2O/c1-12(2,13(3,4)16)11(18)17-10-6-8(14)5-9(15)7-10/h5-7H,16H2,1-4H3,(H,17,18). The van der Waals surface area contributed by atoms with Crippen molar-refractivity contribution >= 4 is 23.2 Å². The van der Waals surface area contributed by atoms with Gasteiger partial charge in [-0.2, -0.15) is 0 Å². The minimum atomic E-state index is -0.800. The summed E-state index contributed by atoms with van der Waals surface area (Å²) in [4.78, 5) is 12.1. The van der Waals surface area contributed by atoms with Crippen molar-refractivity contribution in [3.8, 4) is 0 Å². The Morgan fingerprint density at radius 2 is 1.83 bits per heavy atom. The lowest BCUT2D eigenvalue weighted by Crippen LogP contribution is -2.53. The first-order valence-corrected chi connectivity index (χ1v) is 5.98. The zero-order chi connectivity index (χ0) is 14.1. The van der Waals surface area contributed by atoms with Gasteiger partial charge < -0.3 is 11.1 Å². The molecule has 0 bridgehead atoms. The van der Waals surface area contributed by atoms with Crippen LogP contribution < -0.4 is 11.1 Å². The fourth-order valence-corrected chi connectivity index (χ4v) is 1.43. The monoisotopic (exact) mass is 272 g/mol. The number of hydrogen-bond donors (Lipinski definition) is 2. The normalized spacial score (nSPS) is 12.4. The van der Waals surface area contributed by atoms with Crippen molar-refractivity contribution in [2.45, 2.75) is 33.2 Å². The lowest BCUT2D eigenvalue weighted by atomic mass is 9.74. The molecule has 0 unspecified atom stereocenters. The van der Waals surface area contributed by atoms with E-state index in [0.717, 1.165) is 0 Å². The van der Waals surface area contributed by atoms with Crippen molar-refractivity contribution in [1.82, 2.24) is 0 Å². The fourth-order valence-electron chi connectivity index (χ4n) is 1.21. The van der Waals surface area contributed by atoms with E-state index in [1.165, 1.54) is 18.2 Å². The maximum atomic E-state index is 13.1. The second-order valence-corrected chi connectivity index (χ2v) is 5.90. The van der Waals surface area contributed by atoms with Crippen molar-refractivity contribution in [1.29, 1.82) is 0 Å². The Labute approximate surface area is 112 Å². The molecule has 0 aliphatic rings. The van der Waals surface area contributed by atoms with Crippen LogP contribution in [0, 0.1) is 11.2 Å². The van der Waals surface area contributed by atoms with E-state index in [2.05, 4.69) is 5.32 Å². The molecule has 18 heavy (non-hydrogen) atoms. The van der Waals surface area contributed by atoms with Crippen LogP contribution in [-0.2, 0) is 4.79 Å². The summed E-state index contributed by atoms with van der Waals surface area (Å²) >= 11 is 5.72. The van der Waals surface area contributed by atoms with Gasteiger partial charge >= 0.3 is 0 Å². The summed E-state index contributed by atoms with van der Waals surface area (Å²) < 4.78 is 13.1. The highest BCUT2D eigenvalue weighted by Crippen LogP contribution is 2.30. The van der Waals surface area contributed by atoms with Crippen molar-refractivity contribution in [2.24, 2.45) is 11.1 Å². The second kappa shape index (κ2) is 4.86. The van der Waals surface area contributed by atoms with Gasteiger partial charge in [-0.15, -0.1) is 0 Å². The number of benzene rings is 1. The van der Waals surface area contributed by atoms with Gasteiger partial charge in [0.2, 0.25) is 5.91 Å². The quantitative estimate of drug-likeness (QED) is 0.888. The SMILES string of the molecule is CC(C)(N)C(C)(C)C(=O)Nc1cc(F)cc(Cl)c1. The average Bonchev–Trinajstić information content (AvgIpc) is 2.13. The summed E-state index contributed by atoms with van der Waals surface area (Å²) in [6, 6.07) is 3.88. The molecule has 1 amide bonds. The van der Waals surface area contributed by atoms with Crippen LogP contribution in [0.25, 0.3) is 0 Å². The topological polar surface area (TPSA) is 55.1 Å². The third-order valence-corrected chi connectivity index (χ3v) is 3.52. The first-order valence-electron chi connectivity index (χ1n) is 5.60. The van der Waals surface area contributed by atoms with Crippen LogP contribution in [0.15, 0.2) is 18.2 Å². The molecule has 1 aromatic carbocycles. The second-order valence-electron chi connectivity index (χ2n) is 5.46. The molecular formula is C13H18ClFN2O. The lowest BCUT2D eigenvalue weighted by molar-refractivity contribution is -0.126. The third kappa shape index (κ3) is 3.21. The molecule has 0 atom stereocenters. The molecule has 0 heterocycles. The highest BCUT2D eigenvalue weighted by Gasteiger charge is 2.40. The number of halogens is 2. The van der Waals surface area contributed by atoms with Crippen LogP contribution in [0.4, 0.5) is 10.1 Å². The van der Waals surface area contributed by atoms with Crippen LogP contribution in [0.3, 0.4) is 0 Å². The molecule has 1 rings (SSSR count). The zero-order valence-electron chi connectivity index (χ0n) is 11.0. The smallest absolute Gasteiger partial charge is 0.231 e. The van der Waals surface area contributed by atoms with Crippen molar-refractivity contribution in [3.63, 3.8) is 0 Å². The zero-order valence-corrected chi connectivity index (χ0v) is 11.7. The van der Waals surface area contributed by atoms with Gasteiger partial charge in [-0.25, -0.2) is 4.39 Å². The van der Waals surface area contributed by atoms with Gasteiger partial charge in [-0.3, -0.25) is 4.79 Å². The molecule has 5 heteroatoms. The Morgan fingerprint density at radius 3 is 2.28 bits per heavy atom. The Hall–Kier alpha value is -1.13. The number of hydrogen-bond acceptors (Lipinski definition) is 2. The Balaban J connectivity index is 2.95. The van der Waals surface area contributed by atoms with E-state index in [-0.39, 0.29) is 10.9 Å². The van der Waals surface area contributed by atoms with Crippen LogP contribution in [-0.4, -0.2) is 11.4 Å². The molecule has 0 aliphatic carbocycles. The van der Waals surface area contributed by atoms with E-state index in [9.17, 15) is 9.18 Å². The molecule has 3 N–H and O–H groups in total. The molecule has 0 radical (unpaired) electrons. The van der Waals surface area contributed by atoms with E-state index in [1.54, 1.807) is 27.7 Å². The number of carbonyl (C=O) groups is 1. The number of carbonyl (C=O) groups excluding carboxylic acids is 1. The maximum absolute atomic E-state index is 13.1. The Bertz CT molecular complexity index is 446. The number of anilines is 1. The van der Waals surface area contributed by atoms with Crippen LogP contribution in [0.1, 0.15) is 27.7 Å². The van der Waals surface area contributed by atoms with Crippen molar-refractivity contribution in [2.75, 3.05) is 5.32 Å². The molecule has 0 spiro atoms. The maximum Gasteiger partial charge on any atom is 0.231 e. The average molecular weight is 273 g/mol. The molecule has 3 nitrogen and oxygen atoms in total. The van der Waals surface area contributed by atoms with Crippen molar-refractivity contribution < 1.29 is 9.18 Å². The van der Waals surface area contributed by atoms with Gasteiger partial charge in [-0.1, -0.05) is 11.6 Å². The summed E-state index contributed by atoms with van der Waals surface area (Å²) in [5.41, 5.74) is 4.79. The minimum absolute atomic E-state index is 0.232. The highest BCUT2D eigenvalue weighted by atomic mass is 35.5. The molecule has 1 aromatic rings. The molecule has 0 saturated carbocycles. The fraction of sp³-hybridized carbons (Fsp3) is 0.462. The highest BCUT2D eigenvalue weighted by molar-refractivity contribution is 6.30. The summed E-state index contributed by atoms with van der Waals surface area (Å²) in [6.07, 6.45) is 0. The van der Waals surface area contributed by atoms with Gasteiger partial charge in [0.25, 0.3) is 0 Å². The largest absolute Gasteiger partial charge is 0.325 e. The lowest BCUT2D eigenvalue weighted by Gasteiger charge is -2.36. The molecule has 0 aromatic heterocycles. The molecular weight excluding hydrogens is 255 g/mol. The third-order valence-electron chi connectivity index (χ3n) is 3.30. The van der Waals surface area contributed by atoms with Gasteiger partial charge in [0.05, 0.1) is 5.41 Å². The Kier molecular flexibility index (Phi) is 4.03. The number of nitrogens with two attached hydrogens (primary N) is 1. The van der Waals surface area contributed by atoms with Gasteiger partial charge in [0.1, 0.15) is 5.82 Å². The number of rotatable bonds is 3. The Morgan fingerprint density at radius 1 is 1.28 bits per heavy atom. The summed E-state index contributed by atoms with van der Waals surface area (Å²) in [6.45, 7) is 7.02. The minimum Gasteiger partial charge on any atom is -0.325 e. The van der Waals surface area contributed by atoms with E-state index in [1.807, 2.05) is 0 Å². The number of nitrogens with one attached hydrogen (secondary N) is 1. The first-order chi connectivity index (χ1) is 8.04. The summed E-state index contributed by atoms with van der Waals surface area (Å²) in [5, 5.41) is 2.86. The molecule has 0 aliphatic heterocycles. The predicted octanol–water partition coefficient (Wildman–Crippen LogP) is 3.18. The van der Waals surface area contributed by atoms with E-state index < -0.39 is 16.8 Å². The molecule has 0 saturated heterocycles. The van der Waals surface area contributed by atoms with Gasteiger partial charge in [0.15, 0.2) is 0 Å².